The molecule has 2 aromatic rings. The van der Waals surface area contributed by atoms with Gasteiger partial charge in [-0.3, -0.25) is 0 Å². The summed E-state index contributed by atoms with van der Waals surface area (Å²) in [6.45, 7) is -0.770. The van der Waals surface area contributed by atoms with E-state index in [1.807, 2.05) is 24.3 Å². The zero-order chi connectivity index (χ0) is 17.7. The summed E-state index contributed by atoms with van der Waals surface area (Å²) in [5, 5.41) is 15.6. The van der Waals surface area contributed by atoms with Crippen molar-refractivity contribution < 1.29 is 19.0 Å². The Labute approximate surface area is 145 Å². The molecule has 0 aromatic heterocycles. The van der Waals surface area contributed by atoms with Crippen LogP contribution in [0, 0.1) is 0 Å². The van der Waals surface area contributed by atoms with Gasteiger partial charge in [0.2, 0.25) is 0 Å². The largest absolute Gasteiger partial charge is 0.491 e. The van der Waals surface area contributed by atoms with Crippen LogP contribution < -0.4 is 15.4 Å². The molecule has 0 aliphatic heterocycles. The monoisotopic (exact) mass is 344 g/mol. The van der Waals surface area contributed by atoms with E-state index in [1.165, 1.54) is 0 Å². The molecule has 1 atom stereocenters. The minimum Gasteiger partial charge on any atom is -0.491 e. The molecule has 0 saturated carbocycles. The predicted octanol–water partition coefficient (Wildman–Crippen LogP) is 2.99. The maximum absolute atomic E-state index is 12.4. The molecule has 0 radical (unpaired) electrons. The van der Waals surface area contributed by atoms with Crippen LogP contribution in [0.4, 0.5) is 14.9 Å². The molecule has 0 heterocycles. The van der Waals surface area contributed by atoms with Gasteiger partial charge in [-0.05, 0) is 36.1 Å². The number of fused-ring (bicyclic) bond motifs is 1. The van der Waals surface area contributed by atoms with E-state index in [1.54, 1.807) is 24.3 Å². The molecule has 6 heteroatoms. The number of aliphatic hydroxyl groups is 1. The number of carbonyl (C=O) groups excluding carboxylic acids is 1. The van der Waals surface area contributed by atoms with Crippen molar-refractivity contribution in [3.63, 3.8) is 0 Å². The molecular formula is C19H21FN2O3. The molecule has 25 heavy (non-hydrogen) atoms. The van der Waals surface area contributed by atoms with E-state index in [0.717, 1.165) is 17.5 Å². The SMILES string of the molecule is O=C(Nc1cccc(OCCF)c1)NC1(CO)CCc2ccccc21. The van der Waals surface area contributed by atoms with Crippen molar-refractivity contribution in [2.75, 3.05) is 25.2 Å². The normalized spacial score (nSPS) is 18.5. The lowest BCUT2D eigenvalue weighted by molar-refractivity contribution is 0.164. The highest BCUT2D eigenvalue weighted by atomic mass is 19.1. The first-order chi connectivity index (χ1) is 12.2. The zero-order valence-corrected chi connectivity index (χ0v) is 13.8. The molecule has 2 aromatic carbocycles. The van der Waals surface area contributed by atoms with E-state index < -0.39 is 18.2 Å². The lowest BCUT2D eigenvalue weighted by Crippen LogP contribution is -2.48. The topological polar surface area (TPSA) is 70.6 Å². The van der Waals surface area contributed by atoms with Gasteiger partial charge in [-0.2, -0.15) is 0 Å². The number of benzene rings is 2. The van der Waals surface area contributed by atoms with E-state index in [2.05, 4.69) is 10.6 Å². The van der Waals surface area contributed by atoms with Crippen LogP contribution in [0.25, 0.3) is 0 Å². The molecule has 0 spiro atoms. The lowest BCUT2D eigenvalue weighted by Gasteiger charge is -2.29. The van der Waals surface area contributed by atoms with Crippen LogP contribution in [0.2, 0.25) is 0 Å². The summed E-state index contributed by atoms with van der Waals surface area (Å²) in [7, 11) is 0. The van der Waals surface area contributed by atoms with Crippen LogP contribution in [0.1, 0.15) is 17.5 Å². The second-order valence-corrected chi connectivity index (χ2v) is 6.04. The Morgan fingerprint density at radius 2 is 2.08 bits per heavy atom. The summed E-state index contributed by atoms with van der Waals surface area (Å²) in [5.41, 5.74) is 1.85. The summed E-state index contributed by atoms with van der Waals surface area (Å²) >= 11 is 0. The molecule has 1 aliphatic carbocycles. The Bertz CT molecular complexity index is 753. The van der Waals surface area contributed by atoms with E-state index in [0.29, 0.717) is 17.9 Å². The maximum atomic E-state index is 12.4. The summed E-state index contributed by atoms with van der Waals surface area (Å²) in [6.07, 6.45) is 1.46. The fraction of sp³-hybridized carbons (Fsp3) is 0.316. The first kappa shape index (κ1) is 17.2. The smallest absolute Gasteiger partial charge is 0.320 e. The molecule has 1 unspecified atom stereocenters. The minimum atomic E-state index is -0.775. The Hall–Kier alpha value is -2.60. The Kier molecular flexibility index (Phi) is 5.19. The molecule has 132 valence electrons. The molecule has 1 aliphatic rings. The number of hydrogen-bond donors (Lipinski definition) is 3. The number of alkyl halides is 1. The number of carbonyl (C=O) groups is 1. The van der Waals surface area contributed by atoms with Crippen molar-refractivity contribution >= 4 is 11.7 Å². The van der Waals surface area contributed by atoms with Crippen LogP contribution >= 0.6 is 0 Å². The predicted molar refractivity (Wildman–Crippen MR) is 93.6 cm³/mol. The average molecular weight is 344 g/mol. The summed E-state index contributed by atoms with van der Waals surface area (Å²) in [4.78, 5) is 12.4. The minimum absolute atomic E-state index is 0.0277. The molecule has 0 bridgehead atoms. The number of urea groups is 1. The highest BCUT2D eigenvalue weighted by Crippen LogP contribution is 2.36. The fourth-order valence-electron chi connectivity index (χ4n) is 3.22. The number of aliphatic hydroxyl groups excluding tert-OH is 1. The zero-order valence-electron chi connectivity index (χ0n) is 13.8. The van der Waals surface area contributed by atoms with E-state index in [-0.39, 0.29) is 13.2 Å². The van der Waals surface area contributed by atoms with E-state index in [9.17, 15) is 14.3 Å². The molecular weight excluding hydrogens is 323 g/mol. The Morgan fingerprint density at radius 1 is 1.24 bits per heavy atom. The number of amides is 2. The first-order valence-electron chi connectivity index (χ1n) is 8.24. The van der Waals surface area contributed by atoms with Crippen molar-refractivity contribution in [2.45, 2.75) is 18.4 Å². The Morgan fingerprint density at radius 3 is 2.88 bits per heavy atom. The molecule has 0 saturated heterocycles. The molecule has 0 fully saturated rings. The maximum Gasteiger partial charge on any atom is 0.320 e. The number of halogens is 1. The van der Waals surface area contributed by atoms with Crippen LogP contribution in [0.15, 0.2) is 48.5 Å². The van der Waals surface area contributed by atoms with E-state index >= 15 is 0 Å². The van der Waals surface area contributed by atoms with Crippen LogP contribution in [-0.2, 0) is 12.0 Å². The van der Waals surface area contributed by atoms with Crippen molar-refractivity contribution in [3.05, 3.63) is 59.7 Å². The number of rotatable bonds is 6. The van der Waals surface area contributed by atoms with Crippen LogP contribution in [0.5, 0.6) is 5.75 Å². The van der Waals surface area contributed by atoms with Gasteiger partial charge in [0, 0.05) is 11.8 Å². The van der Waals surface area contributed by atoms with Gasteiger partial charge in [0.15, 0.2) is 0 Å². The second kappa shape index (κ2) is 7.53. The fourth-order valence-corrected chi connectivity index (χ4v) is 3.22. The third-order valence-electron chi connectivity index (χ3n) is 4.41. The highest BCUT2D eigenvalue weighted by molar-refractivity contribution is 5.90. The molecule has 5 nitrogen and oxygen atoms in total. The van der Waals surface area contributed by atoms with Crippen molar-refractivity contribution in [2.24, 2.45) is 0 Å². The van der Waals surface area contributed by atoms with Crippen molar-refractivity contribution in [1.82, 2.24) is 5.32 Å². The molecule has 3 rings (SSSR count). The van der Waals surface area contributed by atoms with Crippen molar-refractivity contribution in [1.29, 1.82) is 0 Å². The number of ether oxygens (including phenoxy) is 1. The van der Waals surface area contributed by atoms with E-state index in [4.69, 9.17) is 4.74 Å². The first-order valence-corrected chi connectivity index (χ1v) is 8.24. The quantitative estimate of drug-likeness (QED) is 0.754. The lowest BCUT2D eigenvalue weighted by atomic mass is 9.93. The molecule has 2 amide bonds. The number of aryl methyl sites for hydroxylation is 1. The van der Waals surface area contributed by atoms with Gasteiger partial charge in [0.05, 0.1) is 12.1 Å². The molecule has 3 N–H and O–H groups in total. The highest BCUT2D eigenvalue weighted by Gasteiger charge is 2.39. The van der Waals surface area contributed by atoms with Gasteiger partial charge >= 0.3 is 6.03 Å². The van der Waals surface area contributed by atoms with Gasteiger partial charge in [0.1, 0.15) is 19.0 Å². The third-order valence-corrected chi connectivity index (χ3v) is 4.41. The van der Waals surface area contributed by atoms with Crippen LogP contribution in [-0.4, -0.2) is 31.0 Å². The van der Waals surface area contributed by atoms with Gasteiger partial charge in [-0.1, -0.05) is 30.3 Å². The van der Waals surface area contributed by atoms with Crippen LogP contribution in [0.3, 0.4) is 0 Å². The summed E-state index contributed by atoms with van der Waals surface area (Å²) in [5.74, 6) is 0.485. The number of nitrogens with one attached hydrogen (secondary N) is 2. The summed E-state index contributed by atoms with van der Waals surface area (Å²) in [6, 6.07) is 14.2. The number of anilines is 1. The number of hydrogen-bond acceptors (Lipinski definition) is 3. The average Bonchev–Trinajstić information content (AvgIpc) is 2.99. The summed E-state index contributed by atoms with van der Waals surface area (Å²) < 4.78 is 17.4. The third kappa shape index (κ3) is 3.74. The van der Waals surface area contributed by atoms with Crippen molar-refractivity contribution in [3.8, 4) is 5.75 Å². The Balaban J connectivity index is 1.70. The van der Waals surface area contributed by atoms with Gasteiger partial charge in [-0.15, -0.1) is 0 Å². The van der Waals surface area contributed by atoms with Gasteiger partial charge < -0.3 is 20.5 Å². The second-order valence-electron chi connectivity index (χ2n) is 6.04. The van der Waals surface area contributed by atoms with Gasteiger partial charge in [0.25, 0.3) is 0 Å². The van der Waals surface area contributed by atoms with Gasteiger partial charge in [-0.25, -0.2) is 9.18 Å². The standard InChI is InChI=1S/C19H21FN2O3/c20-10-11-25-16-6-3-5-15(12-16)21-18(24)22-19(13-23)9-8-14-4-1-2-7-17(14)19/h1-7,12,23H,8-11,13H2,(H2,21,22,24).